The topological polar surface area (TPSA) is 58.6 Å². The van der Waals surface area contributed by atoms with Crippen LogP contribution in [0.25, 0.3) is 0 Å². The van der Waals surface area contributed by atoms with Crippen molar-refractivity contribution >= 4 is 11.8 Å². The molecule has 1 saturated heterocycles. The molecule has 0 atom stereocenters. The van der Waals surface area contributed by atoms with Gasteiger partial charge in [0.15, 0.2) is 6.61 Å². The molecule has 1 aromatic rings. The quantitative estimate of drug-likeness (QED) is 0.784. The van der Waals surface area contributed by atoms with Gasteiger partial charge in [-0.2, -0.15) is 13.2 Å². The summed E-state index contributed by atoms with van der Waals surface area (Å²) < 4.78 is 42.7. The van der Waals surface area contributed by atoms with Gasteiger partial charge in [0.05, 0.1) is 0 Å². The minimum atomic E-state index is -4.83. The van der Waals surface area contributed by atoms with E-state index in [1.165, 1.54) is 5.56 Å². The van der Waals surface area contributed by atoms with Gasteiger partial charge >= 0.3 is 12.1 Å². The van der Waals surface area contributed by atoms with Crippen LogP contribution in [0.1, 0.15) is 31.7 Å². The van der Waals surface area contributed by atoms with Crippen molar-refractivity contribution in [3.63, 3.8) is 0 Å². The lowest BCUT2D eigenvalue weighted by Crippen LogP contribution is -2.46. The predicted octanol–water partition coefficient (Wildman–Crippen LogP) is 2.94. The van der Waals surface area contributed by atoms with Crippen molar-refractivity contribution in [3.8, 4) is 5.75 Å². The molecule has 1 aromatic carbocycles. The van der Waals surface area contributed by atoms with Crippen LogP contribution in [-0.2, 0) is 16.0 Å². The van der Waals surface area contributed by atoms with E-state index in [9.17, 15) is 22.8 Å². The van der Waals surface area contributed by atoms with Crippen molar-refractivity contribution in [3.05, 3.63) is 29.8 Å². The van der Waals surface area contributed by atoms with Crippen LogP contribution < -0.4 is 10.1 Å². The number of rotatable bonds is 7. The van der Waals surface area contributed by atoms with Gasteiger partial charge in [0.2, 0.25) is 0 Å². The average molecular weight is 386 g/mol. The van der Waals surface area contributed by atoms with Crippen LogP contribution in [0.3, 0.4) is 0 Å². The van der Waals surface area contributed by atoms with Gasteiger partial charge < -0.3 is 15.0 Å². The Morgan fingerprint density at radius 2 is 1.81 bits per heavy atom. The molecule has 27 heavy (non-hydrogen) atoms. The number of alkyl halides is 3. The van der Waals surface area contributed by atoms with Gasteiger partial charge in [-0.15, -0.1) is 0 Å². The molecule has 1 fully saturated rings. The smallest absolute Gasteiger partial charge is 0.471 e. The van der Waals surface area contributed by atoms with Gasteiger partial charge in [-0.25, -0.2) is 0 Å². The van der Waals surface area contributed by atoms with Gasteiger partial charge in [0.1, 0.15) is 5.75 Å². The summed E-state index contributed by atoms with van der Waals surface area (Å²) in [7, 11) is 0. The van der Waals surface area contributed by atoms with Crippen molar-refractivity contribution < 1.29 is 27.5 Å². The maximum absolute atomic E-state index is 12.4. The van der Waals surface area contributed by atoms with Crippen LogP contribution in [0, 0.1) is 5.92 Å². The molecule has 0 spiro atoms. The first-order chi connectivity index (χ1) is 12.8. The largest absolute Gasteiger partial charge is 0.484 e. The number of benzene rings is 1. The lowest BCUT2D eigenvalue weighted by atomic mass is 9.96. The summed E-state index contributed by atoms with van der Waals surface area (Å²) in [5.74, 6) is -1.40. The van der Waals surface area contributed by atoms with Gasteiger partial charge in [0, 0.05) is 19.6 Å². The Morgan fingerprint density at radius 3 is 2.37 bits per heavy atom. The lowest BCUT2D eigenvalue weighted by molar-refractivity contribution is -0.186. The van der Waals surface area contributed by atoms with E-state index in [1.807, 2.05) is 24.3 Å². The molecule has 2 rings (SSSR count). The van der Waals surface area contributed by atoms with Crippen LogP contribution in [0.2, 0.25) is 0 Å². The SMILES string of the molecule is CCCc1ccc(OCC(=O)NCC2CCN(C(=O)C(F)(F)F)CC2)cc1. The number of amides is 2. The van der Waals surface area contributed by atoms with E-state index in [-0.39, 0.29) is 31.5 Å². The van der Waals surface area contributed by atoms with Crippen molar-refractivity contribution in [2.45, 2.75) is 38.8 Å². The highest BCUT2D eigenvalue weighted by molar-refractivity contribution is 5.82. The third kappa shape index (κ3) is 6.77. The first-order valence-electron chi connectivity index (χ1n) is 9.14. The summed E-state index contributed by atoms with van der Waals surface area (Å²) in [5.41, 5.74) is 1.21. The Kier molecular flexibility index (Phi) is 7.50. The molecule has 0 aromatic heterocycles. The first kappa shape index (κ1) is 21.1. The van der Waals surface area contributed by atoms with E-state index in [2.05, 4.69) is 12.2 Å². The molecule has 1 heterocycles. The Bertz CT molecular complexity index is 624. The van der Waals surface area contributed by atoms with E-state index in [1.54, 1.807) is 0 Å². The second-order valence-electron chi connectivity index (χ2n) is 6.72. The Hall–Kier alpha value is -2.25. The highest BCUT2D eigenvalue weighted by Gasteiger charge is 2.43. The number of carbonyl (C=O) groups excluding carboxylic acids is 2. The highest BCUT2D eigenvalue weighted by Crippen LogP contribution is 2.23. The number of piperidine rings is 1. The molecule has 5 nitrogen and oxygen atoms in total. The fourth-order valence-corrected chi connectivity index (χ4v) is 3.02. The van der Waals surface area contributed by atoms with Crippen LogP contribution in [0.15, 0.2) is 24.3 Å². The zero-order valence-corrected chi connectivity index (χ0v) is 15.3. The van der Waals surface area contributed by atoms with E-state index in [4.69, 9.17) is 4.74 Å². The number of hydrogen-bond acceptors (Lipinski definition) is 3. The van der Waals surface area contributed by atoms with Crippen LogP contribution >= 0.6 is 0 Å². The predicted molar refractivity (Wildman–Crippen MR) is 94.3 cm³/mol. The number of nitrogens with zero attached hydrogens (tertiary/aromatic N) is 1. The molecule has 0 aliphatic carbocycles. The van der Waals surface area contributed by atoms with Crippen molar-refractivity contribution in [1.82, 2.24) is 10.2 Å². The summed E-state index contributed by atoms with van der Waals surface area (Å²) in [4.78, 5) is 23.9. The van der Waals surface area contributed by atoms with E-state index >= 15 is 0 Å². The number of halogens is 3. The second-order valence-corrected chi connectivity index (χ2v) is 6.72. The molecular formula is C19H25F3N2O3. The number of ether oxygens (including phenoxy) is 1. The third-order valence-electron chi connectivity index (χ3n) is 4.56. The maximum atomic E-state index is 12.4. The van der Waals surface area contributed by atoms with E-state index in [0.29, 0.717) is 25.1 Å². The molecule has 0 radical (unpaired) electrons. The Morgan fingerprint density at radius 1 is 1.19 bits per heavy atom. The summed E-state index contributed by atoms with van der Waals surface area (Å²) in [6.07, 6.45) is -1.91. The fraction of sp³-hybridized carbons (Fsp3) is 0.579. The Balaban J connectivity index is 1.65. The molecule has 1 aliphatic heterocycles. The molecule has 1 aliphatic rings. The molecule has 1 N–H and O–H groups in total. The molecule has 0 unspecified atom stereocenters. The fourth-order valence-electron chi connectivity index (χ4n) is 3.02. The van der Waals surface area contributed by atoms with Crippen LogP contribution in [-0.4, -0.2) is 49.1 Å². The van der Waals surface area contributed by atoms with E-state index < -0.39 is 12.1 Å². The monoisotopic (exact) mass is 386 g/mol. The standard InChI is InChI=1S/C19H25F3N2O3/c1-2-3-14-4-6-16(7-5-14)27-13-17(25)23-12-15-8-10-24(11-9-15)18(26)19(20,21)22/h4-7,15H,2-3,8-13H2,1H3,(H,23,25). The lowest BCUT2D eigenvalue weighted by Gasteiger charge is -2.32. The summed E-state index contributed by atoms with van der Waals surface area (Å²) in [5, 5.41) is 2.74. The summed E-state index contributed by atoms with van der Waals surface area (Å²) >= 11 is 0. The molecule has 0 bridgehead atoms. The molecule has 8 heteroatoms. The second kappa shape index (κ2) is 9.62. The molecule has 0 saturated carbocycles. The number of carbonyl (C=O) groups is 2. The number of hydrogen-bond donors (Lipinski definition) is 1. The zero-order chi connectivity index (χ0) is 19.9. The minimum absolute atomic E-state index is 0.0550. The molecule has 150 valence electrons. The number of aryl methyl sites for hydroxylation is 1. The Labute approximate surface area is 156 Å². The zero-order valence-electron chi connectivity index (χ0n) is 15.3. The van der Waals surface area contributed by atoms with Crippen LogP contribution in [0.4, 0.5) is 13.2 Å². The molecular weight excluding hydrogens is 361 g/mol. The first-order valence-corrected chi connectivity index (χ1v) is 9.14. The van der Waals surface area contributed by atoms with Gasteiger partial charge in [-0.05, 0) is 42.9 Å². The third-order valence-corrected chi connectivity index (χ3v) is 4.56. The van der Waals surface area contributed by atoms with Crippen molar-refractivity contribution in [2.24, 2.45) is 5.92 Å². The summed E-state index contributed by atoms with van der Waals surface area (Å²) in [6, 6.07) is 7.58. The highest BCUT2D eigenvalue weighted by atomic mass is 19.4. The van der Waals surface area contributed by atoms with Crippen molar-refractivity contribution in [1.29, 1.82) is 0 Å². The number of nitrogens with one attached hydrogen (secondary N) is 1. The number of likely N-dealkylation sites (tertiary alicyclic amines) is 1. The van der Waals surface area contributed by atoms with Crippen molar-refractivity contribution in [2.75, 3.05) is 26.2 Å². The summed E-state index contributed by atoms with van der Waals surface area (Å²) in [6.45, 7) is 2.47. The van der Waals surface area contributed by atoms with Crippen LogP contribution in [0.5, 0.6) is 5.75 Å². The maximum Gasteiger partial charge on any atom is 0.471 e. The van der Waals surface area contributed by atoms with Gasteiger partial charge in [0.25, 0.3) is 5.91 Å². The van der Waals surface area contributed by atoms with Gasteiger partial charge in [-0.1, -0.05) is 25.5 Å². The minimum Gasteiger partial charge on any atom is -0.484 e. The van der Waals surface area contributed by atoms with Gasteiger partial charge in [-0.3, -0.25) is 9.59 Å². The average Bonchev–Trinajstić information content (AvgIpc) is 2.65. The normalized spacial score (nSPS) is 15.5. The molecule has 2 amide bonds. The van der Waals surface area contributed by atoms with E-state index in [0.717, 1.165) is 17.7 Å².